The summed E-state index contributed by atoms with van der Waals surface area (Å²) in [6.45, 7) is 10.1. The minimum absolute atomic E-state index is 0.231. The Morgan fingerprint density at radius 2 is 1.95 bits per heavy atom. The smallest absolute Gasteiger partial charge is 0.326 e. The van der Waals surface area contributed by atoms with Gasteiger partial charge in [0.25, 0.3) is 0 Å². The van der Waals surface area contributed by atoms with Crippen LogP contribution in [0.2, 0.25) is 0 Å². The van der Waals surface area contributed by atoms with Crippen LogP contribution in [0.5, 0.6) is 0 Å². The average Bonchev–Trinajstić information content (AvgIpc) is 2.63. The Morgan fingerprint density at radius 1 is 1.29 bits per heavy atom. The first-order valence-corrected chi connectivity index (χ1v) is 8.04. The van der Waals surface area contributed by atoms with Crippen LogP contribution in [0.4, 0.5) is 4.79 Å². The van der Waals surface area contributed by atoms with Crippen LogP contribution in [-0.4, -0.2) is 41.1 Å². The van der Waals surface area contributed by atoms with Gasteiger partial charge in [-0.05, 0) is 37.0 Å². The summed E-state index contributed by atoms with van der Waals surface area (Å²) in [7, 11) is 0. The van der Waals surface area contributed by atoms with Gasteiger partial charge in [0.05, 0.1) is 0 Å². The molecule has 1 rings (SSSR count). The molecule has 21 heavy (non-hydrogen) atoms. The zero-order valence-corrected chi connectivity index (χ0v) is 13.8. The first-order valence-electron chi connectivity index (χ1n) is 8.04. The van der Waals surface area contributed by atoms with Crippen molar-refractivity contribution >= 4 is 12.0 Å². The van der Waals surface area contributed by atoms with Crippen LogP contribution in [0.15, 0.2) is 0 Å². The fourth-order valence-electron chi connectivity index (χ4n) is 2.95. The van der Waals surface area contributed by atoms with Crippen molar-refractivity contribution in [2.75, 3.05) is 13.1 Å². The van der Waals surface area contributed by atoms with Crippen molar-refractivity contribution in [1.29, 1.82) is 0 Å². The van der Waals surface area contributed by atoms with Gasteiger partial charge in [-0.25, -0.2) is 9.59 Å². The highest BCUT2D eigenvalue weighted by Gasteiger charge is 2.29. The fraction of sp³-hybridized carbons (Fsp3) is 0.875. The molecule has 0 bridgehead atoms. The van der Waals surface area contributed by atoms with Gasteiger partial charge in [0.15, 0.2) is 0 Å². The molecular weight excluding hydrogens is 268 g/mol. The van der Waals surface area contributed by atoms with Crippen LogP contribution in [0.1, 0.15) is 59.8 Å². The lowest BCUT2D eigenvalue weighted by atomic mass is 9.77. The number of carboxylic acids is 1. The van der Waals surface area contributed by atoms with Gasteiger partial charge in [-0.15, -0.1) is 0 Å². The second kappa shape index (κ2) is 7.66. The van der Waals surface area contributed by atoms with Crippen molar-refractivity contribution in [2.45, 2.75) is 65.8 Å². The second-order valence-electron chi connectivity index (χ2n) is 7.11. The van der Waals surface area contributed by atoms with E-state index in [1.54, 1.807) is 4.90 Å². The third-order valence-corrected chi connectivity index (χ3v) is 4.41. The molecule has 0 spiro atoms. The van der Waals surface area contributed by atoms with E-state index >= 15 is 0 Å². The molecule has 0 aromatic heterocycles. The third kappa shape index (κ3) is 5.56. The number of hydrogen-bond donors (Lipinski definition) is 2. The molecule has 2 N–H and O–H groups in total. The van der Waals surface area contributed by atoms with Crippen molar-refractivity contribution in [3.05, 3.63) is 0 Å². The summed E-state index contributed by atoms with van der Waals surface area (Å²) in [5.41, 5.74) is 0.262. The second-order valence-corrected chi connectivity index (χ2v) is 7.11. The molecule has 0 radical (unpaired) electrons. The molecule has 5 nitrogen and oxygen atoms in total. The number of urea groups is 1. The Morgan fingerprint density at radius 3 is 2.48 bits per heavy atom. The molecule has 1 aliphatic heterocycles. The molecule has 0 aliphatic carbocycles. The molecule has 2 unspecified atom stereocenters. The number of hydrogen-bond acceptors (Lipinski definition) is 2. The summed E-state index contributed by atoms with van der Waals surface area (Å²) in [5.74, 6) is -0.339. The molecule has 1 fully saturated rings. The van der Waals surface area contributed by atoms with Gasteiger partial charge < -0.3 is 15.3 Å². The number of nitrogens with one attached hydrogen (secondary N) is 1. The van der Waals surface area contributed by atoms with E-state index in [1.165, 1.54) is 0 Å². The van der Waals surface area contributed by atoms with Crippen molar-refractivity contribution in [3.63, 3.8) is 0 Å². The van der Waals surface area contributed by atoms with E-state index in [4.69, 9.17) is 5.11 Å². The minimum atomic E-state index is -0.951. The van der Waals surface area contributed by atoms with Crippen LogP contribution in [0.25, 0.3) is 0 Å². The Labute approximate surface area is 128 Å². The maximum absolute atomic E-state index is 12.2. The predicted molar refractivity (Wildman–Crippen MR) is 83.2 cm³/mol. The van der Waals surface area contributed by atoms with E-state index in [0.29, 0.717) is 18.9 Å². The van der Waals surface area contributed by atoms with E-state index in [9.17, 15) is 9.59 Å². The summed E-state index contributed by atoms with van der Waals surface area (Å²) in [6.07, 6.45) is 4.32. The maximum atomic E-state index is 12.2. The summed E-state index contributed by atoms with van der Waals surface area (Å²) in [5, 5.41) is 11.8. The summed E-state index contributed by atoms with van der Waals surface area (Å²) >= 11 is 0. The van der Waals surface area contributed by atoms with Crippen molar-refractivity contribution in [3.8, 4) is 0 Å². The molecule has 2 atom stereocenters. The highest BCUT2D eigenvalue weighted by atomic mass is 16.4. The topological polar surface area (TPSA) is 69.6 Å². The predicted octanol–water partition coefficient (Wildman–Crippen LogP) is 3.10. The third-order valence-electron chi connectivity index (χ3n) is 4.41. The molecule has 122 valence electrons. The average molecular weight is 298 g/mol. The van der Waals surface area contributed by atoms with Crippen LogP contribution >= 0.6 is 0 Å². The summed E-state index contributed by atoms with van der Waals surface area (Å²) < 4.78 is 0. The van der Waals surface area contributed by atoms with Gasteiger partial charge >= 0.3 is 12.0 Å². The lowest BCUT2D eigenvalue weighted by Crippen LogP contribution is -2.48. The van der Waals surface area contributed by atoms with Gasteiger partial charge in [-0.3, -0.25) is 0 Å². The van der Waals surface area contributed by atoms with Crippen LogP contribution in [0, 0.1) is 11.3 Å². The lowest BCUT2D eigenvalue weighted by molar-refractivity contribution is -0.139. The molecule has 1 saturated heterocycles. The zero-order chi connectivity index (χ0) is 16.0. The van der Waals surface area contributed by atoms with Crippen LogP contribution in [-0.2, 0) is 4.79 Å². The summed E-state index contributed by atoms with van der Waals surface area (Å²) in [6, 6.07) is -1.01. The molecule has 0 aromatic carbocycles. The van der Waals surface area contributed by atoms with E-state index in [2.05, 4.69) is 26.1 Å². The molecule has 2 amide bonds. The van der Waals surface area contributed by atoms with E-state index in [1.807, 2.05) is 6.92 Å². The van der Waals surface area contributed by atoms with E-state index < -0.39 is 12.0 Å². The number of nitrogens with zero attached hydrogens (tertiary/aromatic N) is 1. The van der Waals surface area contributed by atoms with Gasteiger partial charge in [0.1, 0.15) is 6.04 Å². The Balaban J connectivity index is 2.57. The van der Waals surface area contributed by atoms with Gasteiger partial charge in [0, 0.05) is 13.1 Å². The number of aliphatic carboxylic acids is 1. The zero-order valence-electron chi connectivity index (χ0n) is 13.8. The SMILES string of the molecule is CCCC(NC(=O)N1CCCC(C(C)(C)C)CC1)C(=O)O. The van der Waals surface area contributed by atoms with Crippen molar-refractivity contribution < 1.29 is 14.7 Å². The monoisotopic (exact) mass is 298 g/mol. The van der Waals surface area contributed by atoms with Crippen LogP contribution < -0.4 is 5.32 Å². The van der Waals surface area contributed by atoms with Crippen molar-refractivity contribution in [1.82, 2.24) is 10.2 Å². The number of carboxylic acid groups (broad SMARTS) is 1. The molecule has 0 saturated carbocycles. The number of rotatable bonds is 4. The number of likely N-dealkylation sites (tertiary alicyclic amines) is 1. The van der Waals surface area contributed by atoms with Crippen molar-refractivity contribution in [2.24, 2.45) is 11.3 Å². The Bertz CT molecular complexity index is 363. The van der Waals surface area contributed by atoms with Gasteiger partial charge in [0.2, 0.25) is 0 Å². The lowest BCUT2D eigenvalue weighted by Gasteiger charge is -2.30. The Kier molecular flexibility index (Phi) is 6.49. The van der Waals surface area contributed by atoms with E-state index in [-0.39, 0.29) is 11.4 Å². The molecule has 5 heteroatoms. The highest BCUT2D eigenvalue weighted by molar-refractivity contribution is 5.82. The molecular formula is C16H30N2O3. The largest absolute Gasteiger partial charge is 0.480 e. The molecule has 1 heterocycles. The van der Waals surface area contributed by atoms with Crippen LogP contribution in [0.3, 0.4) is 0 Å². The highest BCUT2D eigenvalue weighted by Crippen LogP contribution is 2.34. The maximum Gasteiger partial charge on any atom is 0.326 e. The normalized spacial score (nSPS) is 21.5. The van der Waals surface area contributed by atoms with Gasteiger partial charge in [-0.1, -0.05) is 34.1 Å². The number of carbonyl (C=O) groups excluding carboxylic acids is 1. The first-order chi connectivity index (χ1) is 9.75. The Hall–Kier alpha value is -1.26. The summed E-state index contributed by atoms with van der Waals surface area (Å²) in [4.78, 5) is 25.1. The standard InChI is InChI=1S/C16H30N2O3/c1-5-7-13(14(19)20)17-15(21)18-10-6-8-12(9-11-18)16(2,3)4/h12-13H,5-11H2,1-4H3,(H,17,21)(H,19,20). The number of amides is 2. The molecule has 1 aliphatic rings. The number of carbonyl (C=O) groups is 2. The fourth-order valence-corrected chi connectivity index (χ4v) is 2.95. The molecule has 0 aromatic rings. The quantitative estimate of drug-likeness (QED) is 0.838. The first kappa shape index (κ1) is 17.8. The van der Waals surface area contributed by atoms with Gasteiger partial charge in [-0.2, -0.15) is 0 Å². The minimum Gasteiger partial charge on any atom is -0.480 e. The van der Waals surface area contributed by atoms with E-state index in [0.717, 1.165) is 32.2 Å².